The molecule has 2 fully saturated rings. The maximum Gasteiger partial charge on any atom is 0.508 e. The second kappa shape index (κ2) is 16.6. The highest BCUT2D eigenvalue weighted by Crippen LogP contribution is 2.42. The molecule has 0 spiro atoms. The molecule has 0 amide bonds. The summed E-state index contributed by atoms with van der Waals surface area (Å²) in [6.07, 6.45) is 13.9. The Morgan fingerprint density at radius 3 is 1.86 bits per heavy atom. The van der Waals surface area contributed by atoms with Crippen LogP contribution in [0, 0.1) is 5.41 Å². The summed E-state index contributed by atoms with van der Waals surface area (Å²) in [5.74, 6) is 0.584. The molecule has 1 aromatic rings. The van der Waals surface area contributed by atoms with Gasteiger partial charge in [0.25, 0.3) is 0 Å². The van der Waals surface area contributed by atoms with E-state index in [1.54, 1.807) is 12.1 Å². The Morgan fingerprint density at radius 2 is 1.49 bits per heavy atom. The van der Waals surface area contributed by atoms with Gasteiger partial charge in [0, 0.05) is 6.07 Å². The van der Waals surface area contributed by atoms with Gasteiger partial charge < -0.3 is 44.2 Å². The molecule has 1 saturated heterocycles. The number of aromatic nitrogens is 1. The molecule has 0 atom stereocenters. The van der Waals surface area contributed by atoms with Gasteiger partial charge in [0.1, 0.15) is 0 Å². The quantitative estimate of drug-likeness (QED) is 0.277. The monoisotopic (exact) mass is 601 g/mol. The molecule has 0 aromatic carbocycles. The molecule has 10 nitrogen and oxygen atoms in total. The highest BCUT2D eigenvalue weighted by Gasteiger charge is 2.52. The molecule has 0 unspecified atom stereocenters. The summed E-state index contributed by atoms with van der Waals surface area (Å²) in [5, 5.41) is 51.2. The normalized spacial score (nSPS) is 21.3. The van der Waals surface area contributed by atoms with Crippen LogP contribution in [0.1, 0.15) is 99.3 Å². The number of methoxy groups -OCH3 is 1. The van der Waals surface area contributed by atoms with Gasteiger partial charge in [0.2, 0.25) is 5.88 Å². The lowest BCUT2D eigenvalue weighted by atomic mass is 9.67. The van der Waals surface area contributed by atoms with E-state index in [9.17, 15) is 0 Å². The zero-order valence-corrected chi connectivity index (χ0v) is 27.0. The first-order chi connectivity index (χ1) is 20.0. The summed E-state index contributed by atoms with van der Waals surface area (Å²) in [7, 11) is -2.44. The summed E-state index contributed by atoms with van der Waals surface area (Å²) < 4.78 is 16.9. The minimum absolute atomic E-state index is 0.129. The third-order valence-corrected chi connectivity index (χ3v) is 8.48. The number of pyridine rings is 1. The van der Waals surface area contributed by atoms with Crippen molar-refractivity contribution in [2.45, 2.75) is 116 Å². The van der Waals surface area contributed by atoms with Gasteiger partial charge in [-0.2, -0.15) is 0 Å². The average molecular weight is 601 g/mol. The number of nitrogens with zero attached hydrogens (tertiary/aromatic N) is 1. The predicted molar refractivity (Wildman–Crippen MR) is 172 cm³/mol. The Hall–Kier alpha value is -1.63. The lowest BCUT2D eigenvalue weighted by Gasteiger charge is -2.32. The predicted octanol–water partition coefficient (Wildman–Crippen LogP) is 2.65. The minimum atomic E-state index is -1.54. The molecule has 14 heteroatoms. The summed E-state index contributed by atoms with van der Waals surface area (Å²) in [6, 6.07) is 4.78. The number of hydrogen-bond donors (Lipinski definition) is 6. The Balaban J connectivity index is 0.000000215. The summed E-state index contributed by atoms with van der Waals surface area (Å²) >= 11 is 0. The van der Waals surface area contributed by atoms with Crippen LogP contribution in [0.15, 0.2) is 41.3 Å². The summed E-state index contributed by atoms with van der Waals surface area (Å²) in [5.41, 5.74) is 2.32. The molecule has 3 aliphatic carbocycles. The van der Waals surface area contributed by atoms with Crippen LogP contribution in [0.2, 0.25) is 5.82 Å². The maximum absolute atomic E-state index is 8.68. The van der Waals surface area contributed by atoms with Crippen molar-refractivity contribution in [2.24, 2.45) is 5.41 Å². The number of ether oxygens (including phenoxy) is 1. The van der Waals surface area contributed by atoms with Crippen molar-refractivity contribution in [3.8, 4) is 5.88 Å². The van der Waals surface area contributed by atoms with Crippen LogP contribution in [-0.2, 0) is 9.31 Å². The molecule has 1 saturated carbocycles. The van der Waals surface area contributed by atoms with Crippen LogP contribution in [0.3, 0.4) is 0 Å². The van der Waals surface area contributed by atoms with Crippen LogP contribution in [0.5, 0.6) is 5.88 Å². The van der Waals surface area contributed by atoms with E-state index in [0.717, 1.165) is 50.4 Å². The van der Waals surface area contributed by atoms with Crippen molar-refractivity contribution in [3.05, 3.63) is 41.3 Å². The largest absolute Gasteiger partial charge is 0.508 e. The molecular weight excluding hydrogens is 550 g/mol. The summed E-state index contributed by atoms with van der Waals surface area (Å²) in [6.45, 7) is 13.1. The molecule has 5 rings (SSSR count). The van der Waals surface area contributed by atoms with Gasteiger partial charge in [-0.1, -0.05) is 44.9 Å². The second-order valence-corrected chi connectivity index (χ2v) is 13.4. The average Bonchev–Trinajstić information content (AvgIpc) is 3.77. The van der Waals surface area contributed by atoms with E-state index in [1.807, 2.05) is 6.08 Å². The lowest BCUT2D eigenvalue weighted by Crippen LogP contribution is -2.41. The van der Waals surface area contributed by atoms with Gasteiger partial charge in [-0.25, -0.2) is 4.98 Å². The molecule has 238 valence electrons. The van der Waals surface area contributed by atoms with Gasteiger partial charge in [-0.05, 0) is 101 Å². The van der Waals surface area contributed by atoms with E-state index in [-0.39, 0.29) is 29.7 Å². The van der Waals surface area contributed by atoms with Gasteiger partial charge in [0.05, 0.1) is 23.9 Å². The number of rotatable bonds is 5. The van der Waals surface area contributed by atoms with Gasteiger partial charge in [-0.3, -0.25) is 0 Å². The fourth-order valence-corrected chi connectivity index (χ4v) is 4.48. The number of allylic oxidation sites excluding steroid dienone is 4. The third-order valence-electron chi connectivity index (χ3n) is 8.48. The molecule has 4 aliphatic rings. The molecule has 1 aromatic heterocycles. The first kappa shape index (κ1) is 37.6. The van der Waals surface area contributed by atoms with Gasteiger partial charge >= 0.3 is 28.5 Å². The van der Waals surface area contributed by atoms with Crippen LogP contribution >= 0.6 is 0 Å². The zero-order valence-electron chi connectivity index (χ0n) is 27.0. The van der Waals surface area contributed by atoms with E-state index in [0.29, 0.717) is 11.3 Å². The molecule has 2 heterocycles. The molecule has 0 radical (unpaired) electrons. The fraction of sp³-hybridized carbons (Fsp3) is 0.690. The Kier molecular flexibility index (Phi) is 14.5. The lowest BCUT2D eigenvalue weighted by molar-refractivity contribution is 0.00578. The Bertz CT molecular complexity index is 1040. The van der Waals surface area contributed by atoms with Crippen molar-refractivity contribution in [3.63, 3.8) is 0 Å². The van der Waals surface area contributed by atoms with Crippen molar-refractivity contribution in [2.75, 3.05) is 7.11 Å². The van der Waals surface area contributed by atoms with Crippen molar-refractivity contribution < 1.29 is 44.2 Å². The van der Waals surface area contributed by atoms with E-state index >= 15 is 0 Å². The van der Waals surface area contributed by atoms with E-state index < -0.39 is 21.4 Å². The Labute approximate surface area is 259 Å². The van der Waals surface area contributed by atoms with Gasteiger partial charge in [-0.15, -0.1) is 0 Å². The van der Waals surface area contributed by atoms with Crippen LogP contribution in [-0.4, -0.2) is 81.9 Å². The smallest absolute Gasteiger partial charge is 0.481 e. The highest BCUT2D eigenvalue weighted by molar-refractivity contribution is 6.57. The second-order valence-electron chi connectivity index (χ2n) is 13.4. The molecule has 43 heavy (non-hydrogen) atoms. The topological polar surface area (TPSA) is 162 Å². The van der Waals surface area contributed by atoms with Gasteiger partial charge in [0.15, 0.2) is 0 Å². The minimum Gasteiger partial charge on any atom is -0.481 e. The molecular formula is C29H51B4NO9. The van der Waals surface area contributed by atoms with E-state index in [1.165, 1.54) is 31.5 Å². The van der Waals surface area contributed by atoms with Crippen LogP contribution in [0.25, 0.3) is 0 Å². The van der Waals surface area contributed by atoms with Crippen LogP contribution < -0.4 is 10.3 Å². The molecule has 0 bridgehead atoms. The molecule has 6 N–H and O–H groups in total. The van der Waals surface area contributed by atoms with Crippen molar-refractivity contribution in [1.82, 2.24) is 4.98 Å². The first-order valence-electron chi connectivity index (χ1n) is 15.3. The molecule has 1 aliphatic heterocycles. The van der Waals surface area contributed by atoms with Crippen molar-refractivity contribution >= 4 is 34.1 Å². The van der Waals surface area contributed by atoms with E-state index in [2.05, 4.69) is 52.6 Å². The summed E-state index contributed by atoms with van der Waals surface area (Å²) in [4.78, 5) is 3.77. The Morgan fingerprint density at radius 1 is 0.860 bits per heavy atom. The zero-order chi connectivity index (χ0) is 32.4. The van der Waals surface area contributed by atoms with Crippen LogP contribution in [0.4, 0.5) is 0 Å². The first-order valence-corrected chi connectivity index (χ1v) is 15.3. The third kappa shape index (κ3) is 12.7. The standard InChI is InChI=1S/C14H25BO2.C6H8BNO3.C6H11BO2.C3H7BO2/c1-12(2)9-7-11(8-10-12)15-16-13(3,4)14(5,6)17-15;1-11-6-4-2-3-5(8-6)7(9)10;8-7(9)6-4-2-1-3-5-6;5-4(6)3-1-2-3/h7H,8-10H2,1-6H3;2-4,9-10H,1H3;4,8-9H,1-3,5H2;3,5-6H,1-2H2. The SMILES string of the molecule is CC1(C)CC=C(B2OC(C)(C)C(C)(C)O2)CC1.COc1cccc(B(O)O)n1.OB(O)C1=CCCCC1.OB(O)C1CC1. The van der Waals surface area contributed by atoms with E-state index in [4.69, 9.17) is 44.2 Å². The highest BCUT2D eigenvalue weighted by atomic mass is 16.7. The van der Waals surface area contributed by atoms with Crippen molar-refractivity contribution in [1.29, 1.82) is 0 Å². The maximum atomic E-state index is 8.68. The fourth-order valence-electron chi connectivity index (χ4n) is 4.48. The number of hydrogen-bond acceptors (Lipinski definition) is 10.